The number of aromatic nitrogens is 3. The largest absolute Gasteiger partial charge is 0.337 e. The summed E-state index contributed by atoms with van der Waals surface area (Å²) < 4.78 is 0. The molecule has 0 saturated carbocycles. The molecular weight excluding hydrogens is 402 g/mol. The monoisotopic (exact) mass is 423 g/mol. The van der Waals surface area contributed by atoms with E-state index in [2.05, 4.69) is 33.5 Å². The van der Waals surface area contributed by atoms with E-state index in [4.69, 9.17) is 11.6 Å². The minimum absolute atomic E-state index is 0.0188. The fourth-order valence-electron chi connectivity index (χ4n) is 4.66. The molecule has 0 bridgehead atoms. The van der Waals surface area contributed by atoms with Crippen LogP contribution >= 0.6 is 11.6 Å². The lowest BCUT2D eigenvalue weighted by Gasteiger charge is -2.35. The average molecular weight is 424 g/mol. The van der Waals surface area contributed by atoms with Crippen molar-refractivity contribution in [3.8, 4) is 11.4 Å². The molecule has 0 aliphatic carbocycles. The molecule has 2 N–H and O–H groups in total. The van der Waals surface area contributed by atoms with Crippen LogP contribution in [0, 0.1) is 6.92 Å². The maximum atomic E-state index is 13.3. The number of likely N-dealkylation sites (tertiary alicyclic amines) is 1. The van der Waals surface area contributed by atoms with Crippen molar-refractivity contribution in [1.29, 1.82) is 0 Å². The number of imidazole rings is 1. The third-order valence-corrected chi connectivity index (χ3v) is 6.58. The molecule has 2 aliphatic heterocycles. The summed E-state index contributed by atoms with van der Waals surface area (Å²) in [6, 6.07) is 3.57. The standard InChI is InChI=1S/C22H22ClN5O2/c1-11-17-12(2)28(13-5-8-27(3)9-6-13)22(30)14(17)10-16-19(11)26-20(25-16)18-15(23)4-7-24-21(18)29/h4,7,10,13H,2,5-6,8-9H2,1,3H3,(H,24,29)(H,25,26). The zero-order valence-electron chi connectivity index (χ0n) is 16.9. The number of fused-ring (bicyclic) bond motifs is 2. The van der Waals surface area contributed by atoms with Crippen LogP contribution in [0.25, 0.3) is 28.1 Å². The minimum atomic E-state index is -0.319. The number of amides is 1. The smallest absolute Gasteiger partial charge is 0.260 e. The molecule has 1 fully saturated rings. The molecule has 4 heterocycles. The first-order chi connectivity index (χ1) is 14.4. The molecule has 0 unspecified atom stereocenters. The Balaban J connectivity index is 1.60. The van der Waals surface area contributed by atoms with Crippen LogP contribution in [0.2, 0.25) is 5.02 Å². The molecule has 0 atom stereocenters. The summed E-state index contributed by atoms with van der Waals surface area (Å²) in [5, 5.41) is 0.317. The molecular formula is C22H22ClN5O2. The van der Waals surface area contributed by atoms with Crippen LogP contribution in [-0.4, -0.2) is 56.8 Å². The number of hydrogen-bond acceptors (Lipinski definition) is 4. The van der Waals surface area contributed by atoms with E-state index in [1.807, 2.05) is 11.8 Å². The van der Waals surface area contributed by atoms with Crippen molar-refractivity contribution < 1.29 is 4.79 Å². The van der Waals surface area contributed by atoms with Gasteiger partial charge in [0.1, 0.15) is 11.4 Å². The fourth-order valence-corrected chi connectivity index (χ4v) is 4.90. The number of benzene rings is 1. The molecule has 7 nitrogen and oxygen atoms in total. The normalized spacial score (nSPS) is 17.9. The van der Waals surface area contributed by atoms with E-state index in [9.17, 15) is 9.59 Å². The average Bonchev–Trinajstić information content (AvgIpc) is 3.23. The quantitative estimate of drug-likeness (QED) is 0.661. The Bertz CT molecular complexity index is 1270. The number of rotatable bonds is 2. The molecule has 1 saturated heterocycles. The topological polar surface area (TPSA) is 85.1 Å². The summed E-state index contributed by atoms with van der Waals surface area (Å²) in [5.41, 5.74) is 4.50. The van der Waals surface area contributed by atoms with Gasteiger partial charge in [0.05, 0.1) is 21.6 Å². The van der Waals surface area contributed by atoms with Crippen LogP contribution in [0.5, 0.6) is 0 Å². The highest BCUT2D eigenvalue weighted by Crippen LogP contribution is 2.40. The highest BCUT2D eigenvalue weighted by atomic mass is 35.5. The van der Waals surface area contributed by atoms with Crippen molar-refractivity contribution >= 4 is 34.2 Å². The lowest BCUT2D eigenvalue weighted by atomic mass is 10.0. The van der Waals surface area contributed by atoms with Gasteiger partial charge in [-0.05, 0) is 57.6 Å². The lowest BCUT2D eigenvalue weighted by Crippen LogP contribution is -2.43. The van der Waals surface area contributed by atoms with Gasteiger partial charge >= 0.3 is 0 Å². The summed E-state index contributed by atoms with van der Waals surface area (Å²) >= 11 is 6.24. The van der Waals surface area contributed by atoms with E-state index < -0.39 is 0 Å². The maximum Gasteiger partial charge on any atom is 0.260 e. The number of hydrogen-bond donors (Lipinski definition) is 2. The number of aromatic amines is 2. The Hall–Kier alpha value is -2.90. The third-order valence-electron chi connectivity index (χ3n) is 6.26. The number of H-pyrrole nitrogens is 2. The van der Waals surface area contributed by atoms with Crippen molar-refractivity contribution in [2.24, 2.45) is 0 Å². The number of pyridine rings is 1. The first-order valence-electron chi connectivity index (χ1n) is 9.99. The SMILES string of the molecule is C=C1c2c(cc3nc(-c4c(Cl)cc[nH]c4=O)[nH]c3c2C)C(=O)N1C1CCN(C)CC1. The highest BCUT2D eigenvalue weighted by molar-refractivity contribution is 6.33. The molecule has 30 heavy (non-hydrogen) atoms. The molecule has 5 rings (SSSR count). The second-order valence-corrected chi connectivity index (χ2v) is 8.50. The van der Waals surface area contributed by atoms with Gasteiger partial charge in [-0.1, -0.05) is 18.2 Å². The van der Waals surface area contributed by atoms with Gasteiger partial charge in [0.2, 0.25) is 0 Å². The zero-order valence-corrected chi connectivity index (χ0v) is 17.6. The van der Waals surface area contributed by atoms with E-state index in [-0.39, 0.29) is 23.1 Å². The lowest BCUT2D eigenvalue weighted by molar-refractivity contribution is 0.0749. The van der Waals surface area contributed by atoms with E-state index in [0.717, 1.165) is 48.3 Å². The number of aryl methyl sites for hydroxylation is 1. The Morgan fingerprint density at radius 3 is 2.67 bits per heavy atom. The third kappa shape index (κ3) is 2.73. The molecule has 2 aromatic heterocycles. The summed E-state index contributed by atoms with van der Waals surface area (Å²) in [6.45, 7) is 8.15. The number of halogens is 1. The Morgan fingerprint density at radius 2 is 1.97 bits per heavy atom. The van der Waals surface area contributed by atoms with Crippen LogP contribution < -0.4 is 5.56 Å². The Labute approximate surface area is 178 Å². The summed E-state index contributed by atoms with van der Waals surface area (Å²) in [4.78, 5) is 40.2. The maximum absolute atomic E-state index is 13.3. The summed E-state index contributed by atoms with van der Waals surface area (Å²) in [5.74, 6) is 0.364. The first kappa shape index (κ1) is 19.1. The number of nitrogens with zero attached hydrogens (tertiary/aromatic N) is 3. The van der Waals surface area contributed by atoms with Crippen molar-refractivity contribution in [3.05, 3.63) is 57.0 Å². The summed E-state index contributed by atoms with van der Waals surface area (Å²) in [6.07, 6.45) is 3.37. The predicted octanol–water partition coefficient (Wildman–Crippen LogP) is 3.40. The number of carbonyl (C=O) groups is 1. The molecule has 0 spiro atoms. The second kappa shape index (κ2) is 6.82. The van der Waals surface area contributed by atoms with Crippen molar-refractivity contribution in [2.75, 3.05) is 20.1 Å². The van der Waals surface area contributed by atoms with Gasteiger partial charge in [0.15, 0.2) is 0 Å². The van der Waals surface area contributed by atoms with Gasteiger partial charge in [0.25, 0.3) is 11.5 Å². The molecule has 3 aromatic rings. The predicted molar refractivity (Wildman–Crippen MR) is 118 cm³/mol. The van der Waals surface area contributed by atoms with Gasteiger partial charge in [-0.25, -0.2) is 4.98 Å². The number of carbonyl (C=O) groups excluding carboxylic acids is 1. The van der Waals surface area contributed by atoms with Gasteiger partial charge in [-0.3, -0.25) is 9.59 Å². The molecule has 8 heteroatoms. The number of piperidine rings is 1. The minimum Gasteiger partial charge on any atom is -0.337 e. The van der Waals surface area contributed by atoms with Gasteiger partial charge in [-0.15, -0.1) is 0 Å². The van der Waals surface area contributed by atoms with Crippen LogP contribution in [-0.2, 0) is 0 Å². The Kier molecular flexibility index (Phi) is 4.34. The van der Waals surface area contributed by atoms with Crippen LogP contribution in [0.4, 0.5) is 0 Å². The van der Waals surface area contributed by atoms with Crippen LogP contribution in [0.15, 0.2) is 29.7 Å². The van der Waals surface area contributed by atoms with Gasteiger partial charge in [-0.2, -0.15) is 0 Å². The van der Waals surface area contributed by atoms with Gasteiger partial charge < -0.3 is 19.8 Å². The van der Waals surface area contributed by atoms with Crippen LogP contribution in [0.1, 0.15) is 34.3 Å². The van der Waals surface area contributed by atoms with E-state index in [1.165, 1.54) is 6.20 Å². The molecule has 1 aromatic carbocycles. The van der Waals surface area contributed by atoms with E-state index in [1.54, 1.807) is 12.1 Å². The van der Waals surface area contributed by atoms with Crippen molar-refractivity contribution in [3.63, 3.8) is 0 Å². The molecule has 154 valence electrons. The first-order valence-corrected chi connectivity index (χ1v) is 10.4. The van der Waals surface area contributed by atoms with E-state index in [0.29, 0.717) is 21.9 Å². The highest BCUT2D eigenvalue weighted by Gasteiger charge is 2.38. The summed E-state index contributed by atoms with van der Waals surface area (Å²) in [7, 11) is 2.10. The second-order valence-electron chi connectivity index (χ2n) is 8.09. The molecule has 1 amide bonds. The zero-order chi connectivity index (χ0) is 21.2. The number of nitrogens with one attached hydrogen (secondary N) is 2. The molecule has 0 radical (unpaired) electrons. The fraction of sp³-hybridized carbons (Fsp3) is 0.318. The van der Waals surface area contributed by atoms with Crippen molar-refractivity contribution in [2.45, 2.75) is 25.8 Å². The van der Waals surface area contributed by atoms with E-state index >= 15 is 0 Å². The van der Waals surface area contributed by atoms with Crippen LogP contribution in [0.3, 0.4) is 0 Å². The van der Waals surface area contributed by atoms with Gasteiger partial charge in [0, 0.05) is 23.5 Å². The Morgan fingerprint density at radius 1 is 1.23 bits per heavy atom. The molecule has 2 aliphatic rings. The van der Waals surface area contributed by atoms with Crippen molar-refractivity contribution in [1.82, 2.24) is 24.8 Å².